The molecule has 0 N–H and O–H groups in total. The summed E-state index contributed by atoms with van der Waals surface area (Å²) in [5.41, 5.74) is 1.85. The molecule has 70 valence electrons. The molecule has 1 aliphatic rings. The summed E-state index contributed by atoms with van der Waals surface area (Å²) in [7, 11) is 1.62. The van der Waals surface area contributed by atoms with Crippen LogP contribution in [-0.2, 0) is 0 Å². The number of nitriles is 1. The molecule has 0 fully saturated rings. The van der Waals surface area contributed by atoms with Gasteiger partial charge in [-0.2, -0.15) is 5.26 Å². The third-order valence-electron chi connectivity index (χ3n) is 2.15. The average molecular weight is 187 g/mol. The van der Waals surface area contributed by atoms with Crippen LogP contribution in [0.1, 0.15) is 5.56 Å². The summed E-state index contributed by atoms with van der Waals surface area (Å²) >= 11 is 0. The number of methoxy groups -OCH3 is 1. The van der Waals surface area contributed by atoms with Crippen LogP contribution in [0.3, 0.4) is 0 Å². The lowest BCUT2D eigenvalue weighted by Crippen LogP contribution is -1.86. The molecule has 14 heavy (non-hydrogen) atoms. The van der Waals surface area contributed by atoms with E-state index in [1.807, 2.05) is 24.3 Å². The second-order valence-corrected chi connectivity index (χ2v) is 2.95. The number of nitrogens with zero attached hydrogens (tertiary/aromatic N) is 1. The zero-order valence-corrected chi connectivity index (χ0v) is 7.78. The van der Waals surface area contributed by atoms with E-state index in [1.54, 1.807) is 7.11 Å². The van der Waals surface area contributed by atoms with E-state index in [0.29, 0.717) is 6.61 Å². The number of hydrogen-bond acceptors (Lipinski definition) is 3. The van der Waals surface area contributed by atoms with Crippen molar-refractivity contribution in [2.24, 2.45) is 0 Å². The Morgan fingerprint density at radius 1 is 1.57 bits per heavy atom. The van der Waals surface area contributed by atoms with E-state index in [-0.39, 0.29) is 0 Å². The largest absolute Gasteiger partial charge is 0.497 e. The van der Waals surface area contributed by atoms with Crippen molar-refractivity contribution in [3.8, 4) is 17.6 Å². The minimum Gasteiger partial charge on any atom is -0.497 e. The van der Waals surface area contributed by atoms with Gasteiger partial charge in [-0.1, -0.05) is 0 Å². The van der Waals surface area contributed by atoms with Gasteiger partial charge in [0.1, 0.15) is 18.1 Å². The fraction of sp³-hybridized carbons (Fsp3) is 0.182. The Labute approximate surface area is 82.2 Å². The van der Waals surface area contributed by atoms with E-state index >= 15 is 0 Å². The van der Waals surface area contributed by atoms with Gasteiger partial charge in [-0.15, -0.1) is 0 Å². The SMILES string of the molecule is COc1ccc2c(c1)/C(=C/C#N)CO2. The summed E-state index contributed by atoms with van der Waals surface area (Å²) in [6, 6.07) is 7.58. The van der Waals surface area contributed by atoms with E-state index in [2.05, 4.69) is 0 Å². The predicted octanol–water partition coefficient (Wildman–Crippen LogP) is 1.99. The summed E-state index contributed by atoms with van der Waals surface area (Å²) in [6.07, 6.45) is 1.51. The van der Waals surface area contributed by atoms with E-state index in [9.17, 15) is 0 Å². The van der Waals surface area contributed by atoms with E-state index in [0.717, 1.165) is 22.6 Å². The molecule has 0 saturated carbocycles. The molecular formula is C11H9NO2. The lowest BCUT2D eigenvalue weighted by Gasteiger charge is -2.01. The van der Waals surface area contributed by atoms with Crippen LogP contribution in [0.15, 0.2) is 24.3 Å². The molecule has 0 atom stereocenters. The van der Waals surface area contributed by atoms with Gasteiger partial charge in [-0.25, -0.2) is 0 Å². The molecule has 0 aliphatic carbocycles. The Bertz CT molecular complexity index is 429. The molecule has 0 saturated heterocycles. The summed E-state index contributed by atoms with van der Waals surface area (Å²) < 4.78 is 10.5. The molecule has 1 heterocycles. The molecule has 1 aliphatic heterocycles. The molecule has 0 unspecified atom stereocenters. The first-order chi connectivity index (χ1) is 6.85. The second kappa shape index (κ2) is 3.43. The van der Waals surface area contributed by atoms with Gasteiger partial charge in [0.05, 0.1) is 13.2 Å². The second-order valence-electron chi connectivity index (χ2n) is 2.95. The minimum atomic E-state index is 0.468. The van der Waals surface area contributed by atoms with Gasteiger partial charge in [0, 0.05) is 17.2 Å². The molecule has 0 radical (unpaired) electrons. The molecule has 0 aromatic heterocycles. The van der Waals surface area contributed by atoms with E-state index in [1.165, 1.54) is 6.08 Å². The number of rotatable bonds is 1. The Hall–Kier alpha value is -1.95. The van der Waals surface area contributed by atoms with Crippen LogP contribution in [0.4, 0.5) is 0 Å². The zero-order chi connectivity index (χ0) is 9.97. The van der Waals surface area contributed by atoms with Gasteiger partial charge in [0.2, 0.25) is 0 Å². The summed E-state index contributed by atoms with van der Waals surface area (Å²) in [4.78, 5) is 0. The highest BCUT2D eigenvalue weighted by molar-refractivity contribution is 5.77. The van der Waals surface area contributed by atoms with Crippen molar-refractivity contribution in [2.75, 3.05) is 13.7 Å². The number of hydrogen-bond donors (Lipinski definition) is 0. The fourth-order valence-corrected chi connectivity index (χ4v) is 1.44. The monoisotopic (exact) mass is 187 g/mol. The Morgan fingerprint density at radius 3 is 3.14 bits per heavy atom. The van der Waals surface area contributed by atoms with Crippen LogP contribution in [0.2, 0.25) is 0 Å². The maximum absolute atomic E-state index is 8.57. The van der Waals surface area contributed by atoms with E-state index in [4.69, 9.17) is 14.7 Å². The van der Waals surface area contributed by atoms with Crippen molar-refractivity contribution < 1.29 is 9.47 Å². The Morgan fingerprint density at radius 2 is 2.43 bits per heavy atom. The van der Waals surface area contributed by atoms with Crippen molar-refractivity contribution >= 4 is 5.57 Å². The maximum Gasteiger partial charge on any atom is 0.127 e. The minimum absolute atomic E-state index is 0.468. The van der Waals surface area contributed by atoms with Gasteiger partial charge in [-0.05, 0) is 18.2 Å². The van der Waals surface area contributed by atoms with Gasteiger partial charge in [-0.3, -0.25) is 0 Å². The summed E-state index contributed by atoms with van der Waals surface area (Å²) in [5, 5.41) is 8.57. The smallest absolute Gasteiger partial charge is 0.127 e. The normalized spacial score (nSPS) is 15.9. The van der Waals surface area contributed by atoms with Crippen molar-refractivity contribution in [3.05, 3.63) is 29.8 Å². The van der Waals surface area contributed by atoms with Gasteiger partial charge in [0.15, 0.2) is 0 Å². The Kier molecular flexibility index (Phi) is 2.11. The number of fused-ring (bicyclic) bond motifs is 1. The highest BCUT2D eigenvalue weighted by atomic mass is 16.5. The van der Waals surface area contributed by atoms with E-state index < -0.39 is 0 Å². The average Bonchev–Trinajstić information content (AvgIpc) is 2.61. The van der Waals surface area contributed by atoms with Crippen LogP contribution in [0, 0.1) is 11.3 Å². The van der Waals surface area contributed by atoms with Gasteiger partial charge < -0.3 is 9.47 Å². The molecule has 3 nitrogen and oxygen atoms in total. The maximum atomic E-state index is 8.57. The predicted molar refractivity (Wildman–Crippen MR) is 52.1 cm³/mol. The van der Waals surface area contributed by atoms with Crippen LogP contribution in [-0.4, -0.2) is 13.7 Å². The lowest BCUT2D eigenvalue weighted by molar-refractivity contribution is 0.386. The summed E-state index contributed by atoms with van der Waals surface area (Å²) in [6.45, 7) is 0.468. The van der Waals surface area contributed by atoms with Gasteiger partial charge in [0.25, 0.3) is 0 Å². The number of benzene rings is 1. The van der Waals surface area contributed by atoms with Crippen molar-refractivity contribution in [2.45, 2.75) is 0 Å². The van der Waals surface area contributed by atoms with Crippen LogP contribution < -0.4 is 9.47 Å². The number of allylic oxidation sites excluding steroid dienone is 1. The van der Waals surface area contributed by atoms with Gasteiger partial charge >= 0.3 is 0 Å². The quantitative estimate of drug-likeness (QED) is 0.631. The molecular weight excluding hydrogens is 178 g/mol. The van der Waals surface area contributed by atoms with Crippen LogP contribution >= 0.6 is 0 Å². The van der Waals surface area contributed by atoms with Crippen molar-refractivity contribution in [3.63, 3.8) is 0 Å². The molecule has 3 heteroatoms. The first-order valence-corrected chi connectivity index (χ1v) is 4.25. The highest BCUT2D eigenvalue weighted by Crippen LogP contribution is 2.35. The topological polar surface area (TPSA) is 42.2 Å². The Balaban J connectivity index is 2.48. The third-order valence-corrected chi connectivity index (χ3v) is 2.15. The molecule has 0 amide bonds. The summed E-state index contributed by atoms with van der Waals surface area (Å²) in [5.74, 6) is 1.59. The van der Waals surface area contributed by atoms with Crippen molar-refractivity contribution in [1.82, 2.24) is 0 Å². The molecule has 1 aromatic rings. The molecule has 0 spiro atoms. The third kappa shape index (κ3) is 1.31. The standard InChI is InChI=1S/C11H9NO2/c1-13-9-2-3-11-10(6-9)8(4-5-12)7-14-11/h2-4,6H,7H2,1H3/b8-4+. The molecule has 0 bridgehead atoms. The highest BCUT2D eigenvalue weighted by Gasteiger charge is 2.17. The zero-order valence-electron chi connectivity index (χ0n) is 7.78. The first-order valence-electron chi connectivity index (χ1n) is 4.25. The van der Waals surface area contributed by atoms with Crippen LogP contribution in [0.5, 0.6) is 11.5 Å². The van der Waals surface area contributed by atoms with Crippen LogP contribution in [0.25, 0.3) is 5.57 Å². The number of ether oxygens (including phenoxy) is 2. The molecule has 2 rings (SSSR count). The molecule has 1 aromatic carbocycles. The fourth-order valence-electron chi connectivity index (χ4n) is 1.44. The first kappa shape index (κ1) is 8.64. The van der Waals surface area contributed by atoms with Crippen molar-refractivity contribution in [1.29, 1.82) is 5.26 Å². The lowest BCUT2D eigenvalue weighted by atomic mass is 10.1.